The van der Waals surface area contributed by atoms with Gasteiger partial charge in [0.25, 0.3) is 0 Å². The van der Waals surface area contributed by atoms with Crippen molar-refractivity contribution in [3.05, 3.63) is 170 Å². The largest absolute Gasteiger partial charge is 0.310 e. The molecule has 0 spiro atoms. The molecule has 6 heteroatoms. The fraction of sp³-hybridized carbons (Fsp3) is 0.115. The summed E-state index contributed by atoms with van der Waals surface area (Å²) in [6.07, 6.45) is 0. The molecule has 0 aliphatic carbocycles. The number of nitrogens with zero attached hydrogens (tertiary/aromatic N) is 2. The van der Waals surface area contributed by atoms with Gasteiger partial charge in [-0.3, -0.25) is 0 Å². The summed E-state index contributed by atoms with van der Waals surface area (Å²) in [6, 6.07) is 63.8. The van der Waals surface area contributed by atoms with Gasteiger partial charge in [-0.05, 0) is 120 Å². The lowest BCUT2D eigenvalue weighted by Crippen LogP contribution is -2.37. The molecule has 58 heavy (non-hydrogen) atoms. The highest BCUT2D eigenvalue weighted by molar-refractivity contribution is 7.26. The van der Waals surface area contributed by atoms with E-state index in [1.807, 2.05) is 22.7 Å². The molecule has 2 heterocycles. The van der Waals surface area contributed by atoms with Crippen LogP contribution in [0.25, 0.3) is 51.1 Å². The van der Waals surface area contributed by atoms with E-state index < -0.39 is 16.1 Å². The van der Waals surface area contributed by atoms with Crippen LogP contribution in [0.2, 0.25) is 39.3 Å². The predicted octanol–water partition coefficient (Wildman–Crippen LogP) is 15.6. The molecule has 0 bridgehead atoms. The van der Waals surface area contributed by atoms with Crippen molar-refractivity contribution in [1.29, 1.82) is 0 Å². The van der Waals surface area contributed by atoms with Crippen molar-refractivity contribution in [2.75, 3.05) is 9.80 Å². The number of rotatable bonds is 8. The van der Waals surface area contributed by atoms with Crippen molar-refractivity contribution in [2.24, 2.45) is 0 Å². The average Bonchev–Trinajstić information content (AvgIpc) is 3.76. The van der Waals surface area contributed by atoms with Crippen LogP contribution < -0.4 is 20.2 Å². The van der Waals surface area contributed by atoms with E-state index in [1.54, 1.807) is 0 Å². The van der Waals surface area contributed by atoms with Gasteiger partial charge in [0, 0.05) is 74.5 Å². The molecule has 8 aromatic carbocycles. The van der Waals surface area contributed by atoms with Gasteiger partial charge in [0.1, 0.15) is 0 Å². The summed E-state index contributed by atoms with van der Waals surface area (Å²) in [6.45, 7) is 14.5. The van der Waals surface area contributed by atoms with Gasteiger partial charge < -0.3 is 9.80 Å². The van der Waals surface area contributed by atoms with Gasteiger partial charge >= 0.3 is 0 Å². The third-order valence-electron chi connectivity index (χ3n) is 11.5. The number of hydrogen-bond donors (Lipinski definition) is 0. The Hall–Kier alpha value is -5.51. The Kier molecular flexibility index (Phi) is 8.95. The Labute approximate surface area is 351 Å². The number of para-hydroxylation sites is 2. The fourth-order valence-corrected chi connectivity index (χ4v) is 12.9. The Morgan fingerprint density at radius 3 is 1.02 bits per heavy atom. The summed E-state index contributed by atoms with van der Waals surface area (Å²) in [5.41, 5.74) is 7.02. The molecule has 0 N–H and O–H groups in total. The lowest BCUT2D eigenvalue weighted by Gasteiger charge is -2.26. The molecule has 0 unspecified atom stereocenters. The van der Waals surface area contributed by atoms with Gasteiger partial charge in [-0.1, -0.05) is 110 Å². The lowest BCUT2D eigenvalue weighted by molar-refractivity contribution is 1.29. The van der Waals surface area contributed by atoms with E-state index in [-0.39, 0.29) is 0 Å². The number of fused-ring (bicyclic) bond motifs is 7. The highest BCUT2D eigenvalue weighted by Crippen LogP contribution is 2.45. The fourth-order valence-electron chi connectivity index (χ4n) is 8.32. The molecule has 0 aliphatic heterocycles. The van der Waals surface area contributed by atoms with Gasteiger partial charge in [0.05, 0.1) is 16.1 Å². The lowest BCUT2D eigenvalue weighted by atomic mass is 10.0. The second kappa shape index (κ2) is 14.1. The average molecular weight is 819 g/mol. The topological polar surface area (TPSA) is 6.48 Å². The van der Waals surface area contributed by atoms with E-state index in [0.29, 0.717) is 0 Å². The van der Waals surface area contributed by atoms with Gasteiger partial charge in [-0.2, -0.15) is 0 Å². The van der Waals surface area contributed by atoms with E-state index in [0.717, 1.165) is 11.4 Å². The molecular weight excluding hydrogens is 773 g/mol. The number of hydrogen-bond acceptors (Lipinski definition) is 4. The number of benzene rings is 8. The minimum Gasteiger partial charge on any atom is -0.310 e. The van der Waals surface area contributed by atoms with Crippen LogP contribution in [0.5, 0.6) is 0 Å². The molecule has 284 valence electrons. The maximum atomic E-state index is 2.44. The summed E-state index contributed by atoms with van der Waals surface area (Å²) >= 11 is 3.79. The molecule has 2 nitrogen and oxygen atoms in total. The van der Waals surface area contributed by atoms with Crippen LogP contribution in [0.1, 0.15) is 0 Å². The molecule has 10 rings (SSSR count). The smallest absolute Gasteiger partial charge is 0.0775 e. The molecule has 0 aliphatic rings. The molecule has 0 atom stereocenters. The molecule has 0 amide bonds. The van der Waals surface area contributed by atoms with Gasteiger partial charge in [-0.25, -0.2) is 0 Å². The molecule has 0 saturated carbocycles. The van der Waals surface area contributed by atoms with E-state index in [1.165, 1.54) is 84.2 Å². The minimum atomic E-state index is -1.42. The molecule has 0 fully saturated rings. The first-order chi connectivity index (χ1) is 28.0. The third-order valence-corrected chi connectivity index (χ3v) is 17.9. The monoisotopic (exact) mass is 818 g/mol. The van der Waals surface area contributed by atoms with Gasteiger partial charge in [0.2, 0.25) is 0 Å². The first-order valence-electron chi connectivity index (χ1n) is 20.2. The summed E-state index contributed by atoms with van der Waals surface area (Å²) < 4.78 is 5.28. The summed E-state index contributed by atoms with van der Waals surface area (Å²) in [5, 5.41) is 10.7. The molecule has 10 aromatic rings. The highest BCUT2D eigenvalue weighted by Gasteiger charge is 2.21. The molecule has 0 saturated heterocycles. The summed E-state index contributed by atoms with van der Waals surface area (Å²) in [7, 11) is -2.84. The highest BCUT2D eigenvalue weighted by atomic mass is 32.1. The van der Waals surface area contributed by atoms with Crippen molar-refractivity contribution in [3.63, 3.8) is 0 Å². The predicted molar refractivity (Wildman–Crippen MR) is 265 cm³/mol. The van der Waals surface area contributed by atoms with Crippen molar-refractivity contribution >= 4 is 134 Å². The quantitative estimate of drug-likeness (QED) is 0.141. The Bertz CT molecular complexity index is 2910. The van der Waals surface area contributed by atoms with Crippen molar-refractivity contribution < 1.29 is 0 Å². The maximum absolute atomic E-state index is 2.44. The van der Waals surface area contributed by atoms with Crippen LogP contribution in [0.15, 0.2) is 170 Å². The van der Waals surface area contributed by atoms with E-state index >= 15 is 0 Å². The Morgan fingerprint density at radius 1 is 0.310 bits per heavy atom. The molecule has 0 radical (unpaired) electrons. The second-order valence-corrected chi connectivity index (χ2v) is 29.9. The SMILES string of the molecule is C[Si](C)(C)c1ccc(N(c2ccccc2)c2ccc3sc4cc5cc6sc7ccc(N(c8ccccc8)c8ccc([Si](C)(C)C)cc8)cc7c6cc5cc4c3c2)cc1. The zero-order valence-electron chi connectivity index (χ0n) is 33.9. The molecular formula is C52H46N2S2Si2. The van der Waals surface area contributed by atoms with Crippen LogP contribution >= 0.6 is 22.7 Å². The normalized spacial score (nSPS) is 12.3. The van der Waals surface area contributed by atoms with Crippen LogP contribution in [0.3, 0.4) is 0 Å². The van der Waals surface area contributed by atoms with Crippen molar-refractivity contribution in [3.8, 4) is 0 Å². The van der Waals surface area contributed by atoms with Crippen LogP contribution in [0, 0.1) is 0 Å². The standard InChI is InChI=1S/C52H46N2S2Si2/c1-57(2,3)43-23-17-39(18-24-43)53(37-13-9-7-10-14-37)41-21-27-49-47(33-41)45-29-35-30-46-48-34-42(22-28-50(48)56-52(46)32-36(35)31-51(45)55-49)54(38-15-11-8-12-16-38)40-19-25-44(26-20-40)58(4,5)6/h7-34H,1-6H3. The van der Waals surface area contributed by atoms with Crippen molar-refractivity contribution in [2.45, 2.75) is 39.3 Å². The van der Waals surface area contributed by atoms with E-state index in [9.17, 15) is 0 Å². The first kappa shape index (κ1) is 36.8. The van der Waals surface area contributed by atoms with Crippen LogP contribution in [-0.4, -0.2) is 16.1 Å². The Balaban J connectivity index is 1.09. The molecule has 2 aromatic heterocycles. The maximum Gasteiger partial charge on any atom is 0.0775 e. The van der Waals surface area contributed by atoms with Crippen LogP contribution in [0.4, 0.5) is 34.1 Å². The van der Waals surface area contributed by atoms with Gasteiger partial charge in [0.15, 0.2) is 0 Å². The van der Waals surface area contributed by atoms with E-state index in [2.05, 4.69) is 219 Å². The summed E-state index contributed by atoms with van der Waals surface area (Å²) in [5.74, 6) is 0. The number of thiophene rings is 2. The zero-order valence-corrected chi connectivity index (χ0v) is 37.5. The van der Waals surface area contributed by atoms with Gasteiger partial charge in [-0.15, -0.1) is 22.7 Å². The summed E-state index contributed by atoms with van der Waals surface area (Å²) in [4.78, 5) is 4.80. The van der Waals surface area contributed by atoms with E-state index in [4.69, 9.17) is 0 Å². The third kappa shape index (κ3) is 6.64. The van der Waals surface area contributed by atoms with Crippen molar-refractivity contribution in [1.82, 2.24) is 0 Å². The number of anilines is 6. The first-order valence-corrected chi connectivity index (χ1v) is 28.8. The Morgan fingerprint density at radius 2 is 0.638 bits per heavy atom. The second-order valence-electron chi connectivity index (χ2n) is 17.5. The minimum absolute atomic E-state index is 1.16. The van der Waals surface area contributed by atoms with Crippen LogP contribution in [-0.2, 0) is 0 Å². The zero-order chi connectivity index (χ0) is 39.8.